The molecule has 1 fully saturated rings. The molecule has 5 rings (SSSR count). The van der Waals surface area contributed by atoms with Crippen LogP contribution in [0.5, 0.6) is 11.6 Å². The third-order valence-corrected chi connectivity index (χ3v) is 6.71. The molecule has 1 aromatic carbocycles. The number of alkyl halides is 1. The van der Waals surface area contributed by atoms with Gasteiger partial charge in [-0.2, -0.15) is 5.10 Å². The molecule has 8 nitrogen and oxygen atoms in total. The Bertz CT molecular complexity index is 1440. The maximum Gasteiger partial charge on any atom is 0.233 e. The van der Waals surface area contributed by atoms with E-state index in [0.717, 1.165) is 10.9 Å². The lowest BCUT2D eigenvalue weighted by atomic mass is 9.79. The highest BCUT2D eigenvalue weighted by molar-refractivity contribution is 6.35. The smallest absolute Gasteiger partial charge is 0.233 e. The van der Waals surface area contributed by atoms with E-state index >= 15 is 4.39 Å². The first-order valence-electron chi connectivity index (χ1n) is 11.7. The van der Waals surface area contributed by atoms with Gasteiger partial charge in [-0.05, 0) is 57.5 Å². The van der Waals surface area contributed by atoms with E-state index < -0.39 is 17.8 Å². The Morgan fingerprint density at radius 2 is 1.92 bits per heavy atom. The first-order valence-corrected chi connectivity index (χ1v) is 12.1. The van der Waals surface area contributed by atoms with Gasteiger partial charge in [0.05, 0.1) is 5.02 Å². The largest absolute Gasteiger partial charge is 0.506 e. The number of halogens is 2. The lowest BCUT2D eigenvalue weighted by Crippen LogP contribution is -2.66. The summed E-state index contributed by atoms with van der Waals surface area (Å²) in [4.78, 5) is 4.41. The Kier molecular flexibility index (Phi) is 5.88. The van der Waals surface area contributed by atoms with E-state index in [1.807, 2.05) is 47.0 Å². The van der Waals surface area contributed by atoms with Gasteiger partial charge in [0.25, 0.3) is 0 Å². The van der Waals surface area contributed by atoms with Crippen LogP contribution in [0.25, 0.3) is 33.4 Å². The van der Waals surface area contributed by atoms with Crippen LogP contribution in [0.3, 0.4) is 0 Å². The molecular weight excluding hydrogens is 483 g/mol. The summed E-state index contributed by atoms with van der Waals surface area (Å²) in [5.41, 5.74) is 1.84. The molecule has 0 unspecified atom stereocenters. The molecule has 0 amide bonds. The van der Waals surface area contributed by atoms with Gasteiger partial charge in [0.2, 0.25) is 5.88 Å². The predicted molar refractivity (Wildman–Crippen MR) is 137 cm³/mol. The molecule has 0 saturated carbocycles. The summed E-state index contributed by atoms with van der Waals surface area (Å²) >= 11 is 6.40. The van der Waals surface area contributed by atoms with Crippen molar-refractivity contribution in [2.75, 3.05) is 0 Å². The highest BCUT2D eigenvalue weighted by atomic mass is 35.5. The molecule has 188 valence electrons. The molecule has 1 aliphatic heterocycles. The highest BCUT2D eigenvalue weighted by Gasteiger charge is 2.47. The van der Waals surface area contributed by atoms with E-state index in [4.69, 9.17) is 16.3 Å². The number of fused-ring (bicyclic) bond motifs is 1. The number of nitrogens with zero attached hydrogens (tertiary/aromatic N) is 5. The molecule has 10 heteroatoms. The number of aryl methyl sites for hydroxylation is 1. The first kappa shape index (κ1) is 24.4. The lowest BCUT2D eigenvalue weighted by molar-refractivity contribution is -0.0281. The summed E-state index contributed by atoms with van der Waals surface area (Å²) in [5, 5.41) is 28.1. The second kappa shape index (κ2) is 8.67. The Morgan fingerprint density at radius 1 is 1.14 bits per heavy atom. The molecule has 0 bridgehead atoms. The average Bonchev–Trinajstić information content (AvgIpc) is 3.18. The lowest BCUT2D eigenvalue weighted by Gasteiger charge is -2.48. The summed E-state index contributed by atoms with van der Waals surface area (Å²) in [6, 6.07) is 8.60. The van der Waals surface area contributed by atoms with Gasteiger partial charge in [0, 0.05) is 54.0 Å². The third-order valence-electron chi connectivity index (χ3n) is 6.42. The molecule has 0 spiro atoms. The van der Waals surface area contributed by atoms with Crippen molar-refractivity contribution in [3.05, 3.63) is 47.7 Å². The Morgan fingerprint density at radius 3 is 2.61 bits per heavy atom. The molecule has 2 N–H and O–H groups in total. The first-order chi connectivity index (χ1) is 16.9. The van der Waals surface area contributed by atoms with Crippen LogP contribution >= 0.6 is 11.6 Å². The van der Waals surface area contributed by atoms with Crippen molar-refractivity contribution < 1.29 is 14.2 Å². The van der Waals surface area contributed by atoms with Gasteiger partial charge in [-0.15, -0.1) is 10.2 Å². The number of ether oxygens (including phenoxy) is 1. The number of aromatic hydroxyl groups is 1. The van der Waals surface area contributed by atoms with E-state index in [1.165, 1.54) is 0 Å². The van der Waals surface area contributed by atoms with Gasteiger partial charge in [0.15, 0.2) is 6.17 Å². The minimum atomic E-state index is -1.22. The van der Waals surface area contributed by atoms with Gasteiger partial charge in [-0.3, -0.25) is 4.68 Å². The van der Waals surface area contributed by atoms with Gasteiger partial charge >= 0.3 is 0 Å². The molecule has 1 aliphatic rings. The topological polar surface area (TPSA) is 98.0 Å². The minimum Gasteiger partial charge on any atom is -0.506 e. The van der Waals surface area contributed by atoms with Crippen LogP contribution in [0.4, 0.5) is 4.39 Å². The molecule has 0 radical (unpaired) electrons. The second-order valence-electron chi connectivity index (χ2n) is 10.5. The van der Waals surface area contributed by atoms with Crippen molar-refractivity contribution in [2.24, 2.45) is 7.05 Å². The summed E-state index contributed by atoms with van der Waals surface area (Å²) < 4.78 is 22.6. The van der Waals surface area contributed by atoms with Gasteiger partial charge in [-0.1, -0.05) is 11.6 Å². The maximum absolute atomic E-state index is 15.1. The number of piperidine rings is 1. The van der Waals surface area contributed by atoms with Crippen molar-refractivity contribution in [3.63, 3.8) is 0 Å². The predicted octanol–water partition coefficient (Wildman–Crippen LogP) is 5.09. The number of rotatable bonds is 4. The van der Waals surface area contributed by atoms with E-state index in [-0.39, 0.29) is 22.9 Å². The van der Waals surface area contributed by atoms with Crippen LogP contribution in [0.15, 0.2) is 42.7 Å². The number of pyridine rings is 1. The maximum atomic E-state index is 15.1. The monoisotopic (exact) mass is 510 g/mol. The van der Waals surface area contributed by atoms with Crippen LogP contribution in [0, 0.1) is 0 Å². The van der Waals surface area contributed by atoms with Gasteiger partial charge in [-0.25, -0.2) is 9.37 Å². The molecule has 0 aliphatic carbocycles. The number of hydrogen-bond donors (Lipinski definition) is 2. The molecule has 4 heterocycles. The van der Waals surface area contributed by atoms with Crippen molar-refractivity contribution in [3.8, 4) is 34.1 Å². The number of benzene rings is 1. The number of nitrogens with one attached hydrogen (secondary N) is 1. The Labute approximate surface area is 213 Å². The van der Waals surface area contributed by atoms with Gasteiger partial charge in [0.1, 0.15) is 28.8 Å². The molecule has 36 heavy (non-hydrogen) atoms. The fraction of sp³-hybridized carbons (Fsp3) is 0.385. The molecular formula is C26H28ClFN6O2. The molecule has 4 aromatic rings. The SMILES string of the molecule is Cn1cc2cc(-c3cnc(-c4ccc(O[C@H]5CC(C)(C)NC(C)(C)[C@H]5F)nn4)c(O)c3)cc(Cl)c2n1. The number of aromatic nitrogens is 5. The van der Waals surface area contributed by atoms with Crippen molar-refractivity contribution >= 4 is 22.5 Å². The zero-order valence-electron chi connectivity index (χ0n) is 20.8. The summed E-state index contributed by atoms with van der Waals surface area (Å²) in [6.07, 6.45) is 2.13. The normalized spacial score (nSPS) is 21.0. The number of hydrogen-bond acceptors (Lipinski definition) is 7. The van der Waals surface area contributed by atoms with E-state index in [1.54, 1.807) is 35.1 Å². The van der Waals surface area contributed by atoms with Crippen LogP contribution in [-0.2, 0) is 7.05 Å². The minimum absolute atomic E-state index is 0.0523. The average molecular weight is 511 g/mol. The second-order valence-corrected chi connectivity index (χ2v) is 10.9. The summed E-state index contributed by atoms with van der Waals surface area (Å²) in [5.74, 6) is 0.166. The zero-order chi connectivity index (χ0) is 25.8. The van der Waals surface area contributed by atoms with E-state index in [9.17, 15) is 5.11 Å². The Hall–Kier alpha value is -3.30. The Balaban J connectivity index is 1.37. The van der Waals surface area contributed by atoms with E-state index in [0.29, 0.717) is 28.2 Å². The fourth-order valence-corrected chi connectivity index (χ4v) is 5.28. The molecule has 1 saturated heterocycles. The van der Waals surface area contributed by atoms with Crippen LogP contribution in [0.2, 0.25) is 5.02 Å². The quantitative estimate of drug-likeness (QED) is 0.394. The molecule has 3 aromatic heterocycles. The summed E-state index contributed by atoms with van der Waals surface area (Å²) in [6.45, 7) is 7.69. The summed E-state index contributed by atoms with van der Waals surface area (Å²) in [7, 11) is 1.83. The van der Waals surface area contributed by atoms with Crippen LogP contribution in [-0.4, -0.2) is 53.4 Å². The van der Waals surface area contributed by atoms with Gasteiger partial charge < -0.3 is 15.2 Å². The highest BCUT2D eigenvalue weighted by Crippen LogP contribution is 2.35. The van der Waals surface area contributed by atoms with Crippen molar-refractivity contribution in [1.29, 1.82) is 0 Å². The van der Waals surface area contributed by atoms with Crippen molar-refractivity contribution in [1.82, 2.24) is 30.3 Å². The van der Waals surface area contributed by atoms with Crippen molar-refractivity contribution in [2.45, 2.75) is 57.5 Å². The molecule has 2 atom stereocenters. The van der Waals surface area contributed by atoms with E-state index in [2.05, 4.69) is 25.6 Å². The fourth-order valence-electron chi connectivity index (χ4n) is 5.02. The standard InChI is InChI=1S/C26H28ClFN6O2/c1-25(2)11-20(24(28)26(3,4)33-25)36-21-7-6-18(30-31-21)23-19(35)10-15(12-29-23)14-8-16-13-34(5)32-22(16)17(27)9-14/h6-10,12-13,20,24,33,35H,11H2,1-5H3/t20-,24-/m0/s1. The van der Waals surface area contributed by atoms with Crippen LogP contribution < -0.4 is 10.1 Å². The van der Waals surface area contributed by atoms with Crippen LogP contribution in [0.1, 0.15) is 34.1 Å². The third kappa shape index (κ3) is 4.60. The zero-order valence-corrected chi connectivity index (χ0v) is 21.5.